The number of amidine groups is 1. The van der Waals surface area contributed by atoms with Gasteiger partial charge in [-0.15, -0.1) is 0 Å². The fraction of sp³-hybridized carbons (Fsp3) is 0.250. The second kappa shape index (κ2) is 10.7. The van der Waals surface area contributed by atoms with E-state index < -0.39 is 0 Å². The number of likely N-dealkylation sites (N-methyl/N-ethyl adjacent to an activating group) is 1. The number of aliphatic imine (C=N–C) groups is 2. The summed E-state index contributed by atoms with van der Waals surface area (Å²) in [5.74, 6) is 0.199. The van der Waals surface area contributed by atoms with Gasteiger partial charge in [0, 0.05) is 49.5 Å². The van der Waals surface area contributed by atoms with Crippen molar-refractivity contribution in [1.82, 2.24) is 20.5 Å². The number of hydrogen-bond donors (Lipinski definition) is 3. The van der Waals surface area contributed by atoms with Crippen molar-refractivity contribution in [2.45, 2.75) is 12.6 Å². The van der Waals surface area contributed by atoms with Crippen LogP contribution in [0.4, 0.5) is 0 Å². The van der Waals surface area contributed by atoms with E-state index in [0.29, 0.717) is 42.6 Å². The summed E-state index contributed by atoms with van der Waals surface area (Å²) in [6.45, 7) is 2.38. The maximum absolute atomic E-state index is 12.6. The van der Waals surface area contributed by atoms with Crippen LogP contribution in [-0.2, 0) is 11.3 Å². The molecule has 0 saturated carbocycles. The van der Waals surface area contributed by atoms with Gasteiger partial charge in [0.15, 0.2) is 0 Å². The number of morpholine rings is 1. The zero-order chi connectivity index (χ0) is 23.0. The molecule has 4 N–H and O–H groups in total. The Bertz CT molecular complexity index is 1090. The van der Waals surface area contributed by atoms with Crippen LogP contribution in [0.3, 0.4) is 0 Å². The minimum Gasteiger partial charge on any atom is -0.382 e. The lowest BCUT2D eigenvalue weighted by Crippen LogP contribution is -2.42. The van der Waals surface area contributed by atoms with Crippen LogP contribution in [0.1, 0.15) is 21.6 Å². The quantitative estimate of drug-likeness (QED) is 0.581. The van der Waals surface area contributed by atoms with Crippen molar-refractivity contribution in [2.24, 2.45) is 15.7 Å². The second-order valence-corrected chi connectivity index (χ2v) is 7.62. The number of rotatable bonds is 6. The lowest BCUT2D eigenvalue weighted by Gasteiger charge is -2.24. The summed E-state index contributed by atoms with van der Waals surface area (Å²) in [6, 6.07) is 12.9. The van der Waals surface area contributed by atoms with Crippen LogP contribution in [0.15, 0.2) is 76.7 Å². The average Bonchev–Trinajstić information content (AvgIpc) is 2.86. The standard InChI is InChI=1S/C24H27N7O2/c1-31-12-10-28-23(25)22(31)21(29-15-20-16-33-13-11-27-20)17-5-7-18(8-6-17)24(32)30-14-19-4-2-3-9-26-19/h2-10,12,15,20,27H,11,13-14,16H2,1H3,(H2,25,28)(H,30,32)/b22-21-,29-15?/t20-/m1/s1. The molecular formula is C24H27N7O2. The first-order valence-electron chi connectivity index (χ1n) is 10.7. The molecule has 4 rings (SSSR count). The number of aromatic nitrogens is 1. The van der Waals surface area contributed by atoms with Crippen molar-refractivity contribution in [3.8, 4) is 0 Å². The van der Waals surface area contributed by atoms with Gasteiger partial charge in [-0.2, -0.15) is 0 Å². The molecule has 2 aliphatic heterocycles. The molecule has 1 saturated heterocycles. The lowest BCUT2D eigenvalue weighted by molar-refractivity contribution is 0.0950. The number of benzene rings is 1. The van der Waals surface area contributed by atoms with Crippen molar-refractivity contribution < 1.29 is 9.53 Å². The third-order valence-electron chi connectivity index (χ3n) is 5.23. The van der Waals surface area contributed by atoms with Gasteiger partial charge in [0.1, 0.15) is 11.5 Å². The number of ether oxygens (including phenoxy) is 1. The monoisotopic (exact) mass is 445 g/mol. The Morgan fingerprint density at radius 1 is 1.30 bits per heavy atom. The Morgan fingerprint density at radius 3 is 2.82 bits per heavy atom. The molecule has 0 unspecified atom stereocenters. The molecule has 1 fully saturated rings. The number of carbonyl (C=O) groups is 1. The maximum atomic E-state index is 12.6. The van der Waals surface area contributed by atoms with Gasteiger partial charge in [-0.1, -0.05) is 18.2 Å². The summed E-state index contributed by atoms with van der Waals surface area (Å²) in [5, 5.41) is 6.25. The van der Waals surface area contributed by atoms with Crippen molar-refractivity contribution in [3.05, 3.63) is 83.6 Å². The first-order chi connectivity index (χ1) is 16.1. The zero-order valence-corrected chi connectivity index (χ0v) is 18.4. The van der Waals surface area contributed by atoms with Gasteiger partial charge in [-0.25, -0.2) is 4.99 Å². The minimum absolute atomic E-state index is 0.00796. The van der Waals surface area contributed by atoms with Gasteiger partial charge < -0.3 is 26.0 Å². The van der Waals surface area contributed by atoms with Crippen molar-refractivity contribution in [2.75, 3.05) is 26.8 Å². The Hall–Kier alpha value is -3.82. The van der Waals surface area contributed by atoms with Crippen LogP contribution in [0, 0.1) is 0 Å². The van der Waals surface area contributed by atoms with Crippen LogP contribution in [-0.4, -0.2) is 60.7 Å². The number of nitrogens with one attached hydrogen (secondary N) is 2. The van der Waals surface area contributed by atoms with E-state index >= 15 is 0 Å². The number of hydrogen-bond acceptors (Lipinski definition) is 8. The molecule has 2 aliphatic rings. The summed E-state index contributed by atoms with van der Waals surface area (Å²) in [7, 11) is 1.89. The van der Waals surface area contributed by atoms with Crippen LogP contribution >= 0.6 is 0 Å². The molecule has 1 amide bonds. The van der Waals surface area contributed by atoms with Crippen LogP contribution in [0.5, 0.6) is 0 Å². The molecule has 0 spiro atoms. The van der Waals surface area contributed by atoms with Gasteiger partial charge in [-0.3, -0.25) is 14.8 Å². The first kappa shape index (κ1) is 22.4. The normalized spacial score (nSPS) is 20.0. The molecule has 33 heavy (non-hydrogen) atoms. The molecule has 0 radical (unpaired) electrons. The van der Waals surface area contributed by atoms with E-state index in [4.69, 9.17) is 15.5 Å². The summed E-state index contributed by atoms with van der Waals surface area (Å²) >= 11 is 0. The topological polar surface area (TPSA) is 117 Å². The number of pyridine rings is 1. The summed E-state index contributed by atoms with van der Waals surface area (Å²) < 4.78 is 5.52. The molecule has 9 heteroatoms. The molecule has 1 aromatic carbocycles. The van der Waals surface area contributed by atoms with E-state index in [0.717, 1.165) is 17.8 Å². The molecule has 2 aromatic rings. The van der Waals surface area contributed by atoms with Crippen LogP contribution in [0.25, 0.3) is 5.70 Å². The van der Waals surface area contributed by atoms with Gasteiger partial charge in [0.25, 0.3) is 5.91 Å². The highest BCUT2D eigenvalue weighted by molar-refractivity contribution is 6.05. The number of nitrogens with two attached hydrogens (primary N) is 1. The fourth-order valence-electron chi connectivity index (χ4n) is 3.49. The van der Waals surface area contributed by atoms with Crippen molar-refractivity contribution >= 4 is 23.7 Å². The summed E-state index contributed by atoms with van der Waals surface area (Å²) in [4.78, 5) is 27.7. The Kier molecular flexibility index (Phi) is 7.23. The predicted molar refractivity (Wildman–Crippen MR) is 128 cm³/mol. The zero-order valence-electron chi connectivity index (χ0n) is 18.4. The third-order valence-corrected chi connectivity index (χ3v) is 5.23. The molecule has 3 heterocycles. The smallest absolute Gasteiger partial charge is 0.251 e. The summed E-state index contributed by atoms with van der Waals surface area (Å²) in [6.07, 6.45) is 7.00. The third kappa shape index (κ3) is 5.71. The van der Waals surface area contributed by atoms with Gasteiger partial charge in [0.05, 0.1) is 37.2 Å². The largest absolute Gasteiger partial charge is 0.382 e. The average molecular weight is 446 g/mol. The molecular weight excluding hydrogens is 418 g/mol. The van der Waals surface area contributed by atoms with E-state index in [1.54, 1.807) is 24.5 Å². The fourth-order valence-corrected chi connectivity index (χ4v) is 3.49. The molecule has 170 valence electrons. The molecule has 1 aromatic heterocycles. The van der Waals surface area contributed by atoms with Crippen molar-refractivity contribution in [1.29, 1.82) is 0 Å². The van der Waals surface area contributed by atoms with Gasteiger partial charge >= 0.3 is 0 Å². The van der Waals surface area contributed by atoms with Crippen molar-refractivity contribution in [3.63, 3.8) is 0 Å². The van der Waals surface area contributed by atoms with E-state index in [-0.39, 0.29) is 11.9 Å². The molecule has 9 nitrogen and oxygen atoms in total. The van der Waals surface area contributed by atoms with Crippen LogP contribution in [0.2, 0.25) is 0 Å². The number of carbonyl (C=O) groups excluding carboxylic acids is 1. The maximum Gasteiger partial charge on any atom is 0.251 e. The Morgan fingerprint density at radius 2 is 2.12 bits per heavy atom. The number of amides is 1. The van der Waals surface area contributed by atoms with Crippen LogP contribution < -0.4 is 16.4 Å². The Balaban J connectivity index is 1.56. The number of nitrogens with zero attached hydrogens (tertiary/aromatic N) is 4. The van der Waals surface area contributed by atoms with E-state index in [1.807, 2.05) is 54.7 Å². The SMILES string of the molecule is CN1C=CN=C(N)/C1=C(/N=C[C@@H]1COCCN1)c1ccc(C(=O)NCc2ccccn2)cc1. The summed E-state index contributed by atoms with van der Waals surface area (Å²) in [5.41, 5.74) is 9.72. The highest BCUT2D eigenvalue weighted by Crippen LogP contribution is 2.25. The van der Waals surface area contributed by atoms with E-state index in [9.17, 15) is 4.79 Å². The molecule has 1 atom stereocenters. The molecule has 0 bridgehead atoms. The predicted octanol–water partition coefficient (Wildman–Crippen LogP) is 1.51. The minimum atomic E-state index is -0.174. The Labute approximate surface area is 192 Å². The first-order valence-corrected chi connectivity index (χ1v) is 10.7. The van der Waals surface area contributed by atoms with Gasteiger partial charge in [-0.05, 0) is 24.3 Å². The van der Waals surface area contributed by atoms with E-state index in [1.165, 1.54) is 0 Å². The van der Waals surface area contributed by atoms with Gasteiger partial charge in [0.2, 0.25) is 0 Å². The highest BCUT2D eigenvalue weighted by Gasteiger charge is 2.19. The lowest BCUT2D eigenvalue weighted by atomic mass is 10.1. The van der Waals surface area contributed by atoms with E-state index in [2.05, 4.69) is 20.6 Å². The second-order valence-electron chi connectivity index (χ2n) is 7.62. The highest BCUT2D eigenvalue weighted by atomic mass is 16.5. The molecule has 0 aliphatic carbocycles.